The molecule has 0 unspecified atom stereocenters. The lowest BCUT2D eigenvalue weighted by Crippen LogP contribution is -2.35. The van der Waals surface area contributed by atoms with Crippen LogP contribution < -0.4 is 10.1 Å². The predicted octanol–water partition coefficient (Wildman–Crippen LogP) is 4.27. The van der Waals surface area contributed by atoms with Gasteiger partial charge in [-0.25, -0.2) is 8.42 Å². The maximum atomic E-state index is 13.0. The Bertz CT molecular complexity index is 1250. The van der Waals surface area contributed by atoms with Crippen LogP contribution in [0.3, 0.4) is 0 Å². The third-order valence-corrected chi connectivity index (χ3v) is 8.58. The van der Waals surface area contributed by atoms with Gasteiger partial charge in [0.2, 0.25) is 21.1 Å². The average Bonchev–Trinajstić information content (AvgIpc) is 3.31. The fourth-order valence-electron chi connectivity index (χ4n) is 3.88. The molecule has 10 heteroatoms. The van der Waals surface area contributed by atoms with Gasteiger partial charge in [0, 0.05) is 25.1 Å². The molecule has 34 heavy (non-hydrogen) atoms. The molecule has 0 saturated carbocycles. The van der Waals surface area contributed by atoms with Gasteiger partial charge in [-0.3, -0.25) is 4.79 Å². The summed E-state index contributed by atoms with van der Waals surface area (Å²) in [5.74, 6) is 0.334. The van der Waals surface area contributed by atoms with Gasteiger partial charge in [-0.15, -0.1) is 10.2 Å². The number of nitrogens with one attached hydrogen (secondary N) is 1. The van der Waals surface area contributed by atoms with Crippen LogP contribution in [-0.4, -0.2) is 49.0 Å². The van der Waals surface area contributed by atoms with Gasteiger partial charge in [0.15, 0.2) is 0 Å². The summed E-state index contributed by atoms with van der Waals surface area (Å²) in [7, 11) is -2.03. The number of nitrogens with zero attached hydrogens (tertiary/aromatic N) is 3. The summed E-state index contributed by atoms with van der Waals surface area (Å²) < 4.78 is 33.0. The molecule has 1 aliphatic rings. The number of aryl methyl sites for hydroxylation is 2. The number of hydrogen-bond acceptors (Lipinski definition) is 7. The van der Waals surface area contributed by atoms with Crippen LogP contribution in [0.5, 0.6) is 5.75 Å². The van der Waals surface area contributed by atoms with E-state index in [1.165, 1.54) is 22.8 Å². The number of aromatic nitrogens is 2. The number of methoxy groups -OCH3 is 1. The molecule has 0 aliphatic carbocycles. The van der Waals surface area contributed by atoms with E-state index in [9.17, 15) is 13.2 Å². The van der Waals surface area contributed by atoms with Crippen molar-refractivity contribution in [2.45, 2.75) is 43.9 Å². The van der Waals surface area contributed by atoms with Gasteiger partial charge >= 0.3 is 0 Å². The lowest BCUT2D eigenvalue weighted by molar-refractivity contribution is -0.116. The Balaban J connectivity index is 1.42. The van der Waals surface area contributed by atoms with Gasteiger partial charge in [-0.1, -0.05) is 47.6 Å². The van der Waals surface area contributed by atoms with Crippen molar-refractivity contribution in [3.63, 3.8) is 0 Å². The molecule has 1 fully saturated rings. The summed E-state index contributed by atoms with van der Waals surface area (Å²) in [6, 6.07) is 12.8. The molecule has 3 aromatic rings. The highest BCUT2D eigenvalue weighted by Crippen LogP contribution is 2.29. The molecule has 1 aliphatic heterocycles. The van der Waals surface area contributed by atoms with Crippen molar-refractivity contribution in [2.75, 3.05) is 25.5 Å². The summed E-state index contributed by atoms with van der Waals surface area (Å²) in [5, 5.41) is 12.2. The molecule has 8 nitrogen and oxygen atoms in total. The van der Waals surface area contributed by atoms with E-state index in [2.05, 4.69) is 15.5 Å². The molecule has 0 radical (unpaired) electrons. The maximum Gasteiger partial charge on any atom is 0.243 e. The first-order valence-corrected chi connectivity index (χ1v) is 13.5. The monoisotopic (exact) mass is 500 g/mol. The number of amides is 1. The lowest BCUT2D eigenvalue weighted by Gasteiger charge is -2.26. The van der Waals surface area contributed by atoms with Crippen molar-refractivity contribution in [3.8, 4) is 16.3 Å². The molecule has 180 valence electrons. The number of anilines is 1. The Kier molecular flexibility index (Phi) is 7.60. The van der Waals surface area contributed by atoms with E-state index in [0.29, 0.717) is 36.0 Å². The Morgan fingerprint density at radius 3 is 2.53 bits per heavy atom. The second-order valence-corrected chi connectivity index (χ2v) is 11.2. The normalized spacial score (nSPS) is 14.6. The fourth-order valence-corrected chi connectivity index (χ4v) is 6.22. The SMILES string of the molecule is COc1ccc(S(=O)(=O)N2CCCCC2)cc1CCC(=O)Nc1nnc(-c2ccc(C)cc2)s1. The summed E-state index contributed by atoms with van der Waals surface area (Å²) in [6.07, 6.45) is 3.29. The van der Waals surface area contributed by atoms with Crippen molar-refractivity contribution in [1.29, 1.82) is 0 Å². The summed E-state index contributed by atoms with van der Waals surface area (Å²) in [4.78, 5) is 12.8. The summed E-state index contributed by atoms with van der Waals surface area (Å²) in [5.41, 5.74) is 2.78. The van der Waals surface area contributed by atoms with Crippen LogP contribution in [0.1, 0.15) is 36.8 Å². The van der Waals surface area contributed by atoms with Crippen LogP contribution in [0.25, 0.3) is 10.6 Å². The lowest BCUT2D eigenvalue weighted by atomic mass is 10.1. The third-order valence-electron chi connectivity index (χ3n) is 5.80. The first kappa shape index (κ1) is 24.3. The molecule has 0 spiro atoms. The van der Waals surface area contributed by atoms with Gasteiger partial charge < -0.3 is 10.1 Å². The summed E-state index contributed by atoms with van der Waals surface area (Å²) >= 11 is 1.31. The molecule has 0 atom stereocenters. The topological polar surface area (TPSA) is 101 Å². The number of carbonyl (C=O) groups is 1. The largest absolute Gasteiger partial charge is 0.496 e. The number of piperidine rings is 1. The third kappa shape index (κ3) is 5.63. The van der Waals surface area contributed by atoms with Crippen LogP contribution in [0.2, 0.25) is 0 Å². The minimum Gasteiger partial charge on any atom is -0.496 e. The van der Waals surface area contributed by atoms with E-state index in [-0.39, 0.29) is 17.2 Å². The number of hydrogen-bond donors (Lipinski definition) is 1. The maximum absolute atomic E-state index is 13.0. The van der Waals surface area contributed by atoms with E-state index in [1.54, 1.807) is 18.2 Å². The Morgan fingerprint density at radius 1 is 1.09 bits per heavy atom. The number of benzene rings is 2. The Labute approximate surface area is 204 Å². The zero-order chi connectivity index (χ0) is 24.1. The zero-order valence-corrected chi connectivity index (χ0v) is 20.9. The molecule has 1 aromatic heterocycles. The molecule has 1 N–H and O–H groups in total. The van der Waals surface area contributed by atoms with Gasteiger partial charge in [0.1, 0.15) is 10.8 Å². The molecule has 1 amide bonds. The molecule has 1 saturated heterocycles. The van der Waals surface area contributed by atoms with Crippen LogP contribution in [-0.2, 0) is 21.2 Å². The van der Waals surface area contributed by atoms with Gasteiger partial charge in [0.05, 0.1) is 12.0 Å². The molecule has 4 rings (SSSR count). The van der Waals surface area contributed by atoms with E-state index < -0.39 is 10.0 Å². The van der Waals surface area contributed by atoms with Crippen molar-refractivity contribution in [1.82, 2.24) is 14.5 Å². The van der Waals surface area contributed by atoms with E-state index in [0.717, 1.165) is 35.4 Å². The Morgan fingerprint density at radius 2 is 1.82 bits per heavy atom. The standard InChI is InChI=1S/C24H28N4O4S2/c1-17-6-8-18(9-7-17)23-26-27-24(33-23)25-22(29)13-10-19-16-20(11-12-21(19)32-2)34(30,31)28-14-4-3-5-15-28/h6-9,11-12,16H,3-5,10,13-15H2,1-2H3,(H,25,27,29). The molecular formula is C24H28N4O4S2. The van der Waals surface area contributed by atoms with Gasteiger partial charge in [0.25, 0.3) is 0 Å². The zero-order valence-electron chi connectivity index (χ0n) is 19.3. The van der Waals surface area contributed by atoms with Crippen LogP contribution in [0.15, 0.2) is 47.4 Å². The van der Waals surface area contributed by atoms with Gasteiger partial charge in [-0.2, -0.15) is 4.31 Å². The van der Waals surface area contributed by atoms with Crippen molar-refractivity contribution < 1.29 is 17.9 Å². The molecule has 2 aromatic carbocycles. The molecule has 0 bridgehead atoms. The minimum absolute atomic E-state index is 0.156. The van der Waals surface area contributed by atoms with Crippen molar-refractivity contribution in [3.05, 3.63) is 53.6 Å². The highest BCUT2D eigenvalue weighted by molar-refractivity contribution is 7.89. The first-order chi connectivity index (χ1) is 16.4. The van der Waals surface area contributed by atoms with E-state index in [4.69, 9.17) is 4.74 Å². The quantitative estimate of drug-likeness (QED) is 0.496. The van der Waals surface area contributed by atoms with E-state index >= 15 is 0 Å². The average molecular weight is 501 g/mol. The van der Waals surface area contributed by atoms with Gasteiger partial charge in [-0.05, 0) is 49.9 Å². The number of carbonyl (C=O) groups excluding carboxylic acids is 1. The highest BCUT2D eigenvalue weighted by atomic mass is 32.2. The van der Waals surface area contributed by atoms with Crippen LogP contribution in [0, 0.1) is 6.92 Å². The molecule has 2 heterocycles. The van der Waals surface area contributed by atoms with E-state index in [1.807, 2.05) is 31.2 Å². The highest BCUT2D eigenvalue weighted by Gasteiger charge is 2.26. The number of rotatable bonds is 8. The minimum atomic E-state index is -3.56. The van der Waals surface area contributed by atoms with Crippen molar-refractivity contribution in [2.24, 2.45) is 0 Å². The first-order valence-electron chi connectivity index (χ1n) is 11.2. The summed E-state index contributed by atoms with van der Waals surface area (Å²) in [6.45, 7) is 3.10. The smallest absolute Gasteiger partial charge is 0.243 e. The number of sulfonamides is 1. The van der Waals surface area contributed by atoms with Crippen molar-refractivity contribution >= 4 is 32.4 Å². The second kappa shape index (κ2) is 10.6. The fraction of sp³-hybridized carbons (Fsp3) is 0.375. The second-order valence-electron chi connectivity index (χ2n) is 8.26. The van der Waals surface area contributed by atoms with Crippen LogP contribution >= 0.6 is 11.3 Å². The van der Waals surface area contributed by atoms with Crippen LogP contribution in [0.4, 0.5) is 5.13 Å². The predicted molar refractivity (Wildman–Crippen MR) is 133 cm³/mol. The number of ether oxygens (including phenoxy) is 1. The Hall–Kier alpha value is -2.82. The molecular weight excluding hydrogens is 472 g/mol.